The van der Waals surface area contributed by atoms with Crippen molar-refractivity contribution in [1.29, 1.82) is 0 Å². The Bertz CT molecular complexity index is 485. The summed E-state index contributed by atoms with van der Waals surface area (Å²) in [6, 6.07) is 1.80. The lowest BCUT2D eigenvalue weighted by Crippen LogP contribution is -2.41. The second-order valence-electron chi connectivity index (χ2n) is 4.91. The van der Waals surface area contributed by atoms with Gasteiger partial charge < -0.3 is 14.8 Å². The fraction of sp³-hybridized carbons (Fsp3) is 0.600. The van der Waals surface area contributed by atoms with Gasteiger partial charge in [-0.15, -0.1) is 0 Å². The summed E-state index contributed by atoms with van der Waals surface area (Å²) in [4.78, 5) is 26.1. The Labute approximate surface area is 134 Å². The van der Waals surface area contributed by atoms with Gasteiger partial charge >= 0.3 is 0 Å². The third kappa shape index (κ3) is 5.19. The number of carbonyl (C=O) groups is 2. The molecule has 0 unspecified atom stereocenters. The van der Waals surface area contributed by atoms with Gasteiger partial charge in [-0.1, -0.05) is 13.8 Å². The number of aromatic nitrogens is 1. The van der Waals surface area contributed by atoms with E-state index in [-0.39, 0.29) is 18.4 Å². The molecule has 21 heavy (non-hydrogen) atoms. The zero-order chi connectivity index (χ0) is 15.8. The van der Waals surface area contributed by atoms with Crippen LogP contribution in [0.5, 0.6) is 0 Å². The monoisotopic (exact) mass is 357 g/mol. The van der Waals surface area contributed by atoms with Crippen molar-refractivity contribution in [3.8, 4) is 0 Å². The minimum absolute atomic E-state index is 0.101. The Morgan fingerprint density at radius 3 is 2.57 bits per heavy atom. The Balaban J connectivity index is 2.83. The maximum absolute atomic E-state index is 12.6. The van der Waals surface area contributed by atoms with Crippen LogP contribution in [-0.4, -0.2) is 40.9 Å². The van der Waals surface area contributed by atoms with Crippen LogP contribution < -0.4 is 5.32 Å². The number of amides is 2. The molecule has 0 saturated carbocycles. The van der Waals surface area contributed by atoms with E-state index >= 15 is 0 Å². The van der Waals surface area contributed by atoms with E-state index in [1.165, 1.54) is 0 Å². The first-order chi connectivity index (χ1) is 10.0. The van der Waals surface area contributed by atoms with Crippen LogP contribution in [0.3, 0.4) is 0 Å². The minimum Gasteiger partial charge on any atom is -0.355 e. The van der Waals surface area contributed by atoms with Crippen molar-refractivity contribution in [2.75, 3.05) is 19.6 Å². The summed E-state index contributed by atoms with van der Waals surface area (Å²) in [5.74, 6) is -0.205. The van der Waals surface area contributed by atoms with Crippen molar-refractivity contribution in [3.05, 3.63) is 22.4 Å². The molecule has 0 saturated heterocycles. The summed E-state index contributed by atoms with van der Waals surface area (Å²) in [5.41, 5.74) is 0.612. The molecule has 1 rings (SSSR count). The molecular formula is C15H24BrN3O2. The van der Waals surface area contributed by atoms with Gasteiger partial charge in [0.15, 0.2) is 0 Å². The molecule has 0 aliphatic carbocycles. The summed E-state index contributed by atoms with van der Waals surface area (Å²) in [6.45, 7) is 8.03. The summed E-state index contributed by atoms with van der Waals surface area (Å²) in [5, 5.41) is 2.81. The van der Waals surface area contributed by atoms with Crippen LogP contribution in [0.15, 0.2) is 16.7 Å². The molecule has 0 aliphatic rings. The van der Waals surface area contributed by atoms with Gasteiger partial charge in [0.2, 0.25) is 5.91 Å². The maximum atomic E-state index is 12.6. The van der Waals surface area contributed by atoms with Crippen molar-refractivity contribution < 1.29 is 9.59 Å². The van der Waals surface area contributed by atoms with Gasteiger partial charge in [0.25, 0.3) is 5.91 Å². The predicted octanol–water partition coefficient (Wildman–Crippen LogP) is 2.65. The van der Waals surface area contributed by atoms with Crippen molar-refractivity contribution in [2.45, 2.75) is 40.2 Å². The second kappa shape index (κ2) is 8.87. The fourth-order valence-corrected chi connectivity index (χ4v) is 2.56. The molecule has 2 amide bonds. The number of carbonyl (C=O) groups excluding carboxylic acids is 2. The number of halogens is 1. The quantitative estimate of drug-likeness (QED) is 0.777. The highest BCUT2D eigenvalue weighted by atomic mass is 79.9. The van der Waals surface area contributed by atoms with Crippen molar-refractivity contribution >= 4 is 27.7 Å². The van der Waals surface area contributed by atoms with E-state index in [9.17, 15) is 9.59 Å². The van der Waals surface area contributed by atoms with E-state index in [0.717, 1.165) is 17.3 Å². The Morgan fingerprint density at radius 2 is 2.00 bits per heavy atom. The van der Waals surface area contributed by atoms with E-state index in [1.54, 1.807) is 11.0 Å². The summed E-state index contributed by atoms with van der Waals surface area (Å²) in [6.07, 6.45) is 3.59. The Hall–Kier alpha value is -1.30. The van der Waals surface area contributed by atoms with E-state index in [0.29, 0.717) is 25.3 Å². The molecule has 0 fully saturated rings. The molecular weight excluding hydrogens is 334 g/mol. The lowest BCUT2D eigenvalue weighted by Gasteiger charge is -2.22. The van der Waals surface area contributed by atoms with Gasteiger partial charge in [0, 0.05) is 30.3 Å². The zero-order valence-electron chi connectivity index (χ0n) is 13.0. The maximum Gasteiger partial charge on any atom is 0.270 e. The van der Waals surface area contributed by atoms with Gasteiger partial charge in [-0.2, -0.15) is 0 Å². The average Bonchev–Trinajstić information content (AvgIpc) is 2.85. The first-order valence-electron chi connectivity index (χ1n) is 7.45. The molecule has 1 N–H and O–H groups in total. The molecule has 118 valence electrons. The Morgan fingerprint density at radius 1 is 1.29 bits per heavy atom. The topological polar surface area (TPSA) is 54.3 Å². The van der Waals surface area contributed by atoms with Crippen LogP contribution >= 0.6 is 15.9 Å². The van der Waals surface area contributed by atoms with Gasteiger partial charge in [-0.25, -0.2) is 0 Å². The molecule has 0 bridgehead atoms. The number of rotatable bonds is 8. The van der Waals surface area contributed by atoms with Crippen molar-refractivity contribution in [1.82, 2.24) is 14.8 Å². The van der Waals surface area contributed by atoms with Gasteiger partial charge in [-0.3, -0.25) is 9.59 Å². The minimum atomic E-state index is -0.104. The van der Waals surface area contributed by atoms with Crippen LogP contribution in [0.2, 0.25) is 0 Å². The van der Waals surface area contributed by atoms with E-state index in [2.05, 4.69) is 21.2 Å². The molecule has 0 aliphatic heterocycles. The number of nitrogens with one attached hydrogen (secondary N) is 1. The normalized spacial score (nSPS) is 10.5. The number of nitrogens with zero attached hydrogens (tertiary/aromatic N) is 2. The molecule has 0 spiro atoms. The van der Waals surface area contributed by atoms with E-state index < -0.39 is 0 Å². The standard InChI is InChI=1S/C15H24BrN3O2/c1-4-7-17-14(20)11-19(8-5-2)15(21)13-9-12(16)10-18(13)6-3/h9-10H,4-8,11H2,1-3H3,(H,17,20). The molecule has 1 aromatic rings. The number of aryl methyl sites for hydroxylation is 1. The average molecular weight is 358 g/mol. The van der Waals surface area contributed by atoms with E-state index in [4.69, 9.17) is 0 Å². The van der Waals surface area contributed by atoms with E-state index in [1.807, 2.05) is 31.5 Å². The predicted molar refractivity (Wildman–Crippen MR) is 87.3 cm³/mol. The SMILES string of the molecule is CCCNC(=O)CN(CCC)C(=O)c1cc(Br)cn1CC. The lowest BCUT2D eigenvalue weighted by atomic mass is 10.3. The van der Waals surface area contributed by atoms with Crippen molar-refractivity contribution in [2.24, 2.45) is 0 Å². The summed E-state index contributed by atoms with van der Waals surface area (Å²) < 4.78 is 2.76. The number of hydrogen-bond donors (Lipinski definition) is 1. The lowest BCUT2D eigenvalue weighted by molar-refractivity contribution is -0.121. The van der Waals surface area contributed by atoms with Crippen LogP contribution in [0.25, 0.3) is 0 Å². The molecule has 0 aromatic carbocycles. The third-order valence-electron chi connectivity index (χ3n) is 3.11. The van der Waals surface area contributed by atoms with Crippen LogP contribution in [0, 0.1) is 0 Å². The molecule has 6 heteroatoms. The highest BCUT2D eigenvalue weighted by molar-refractivity contribution is 9.10. The smallest absolute Gasteiger partial charge is 0.270 e. The van der Waals surface area contributed by atoms with Crippen LogP contribution in [0.4, 0.5) is 0 Å². The highest BCUT2D eigenvalue weighted by Crippen LogP contribution is 2.17. The van der Waals surface area contributed by atoms with Crippen molar-refractivity contribution in [3.63, 3.8) is 0 Å². The summed E-state index contributed by atoms with van der Waals surface area (Å²) >= 11 is 3.39. The molecule has 1 heterocycles. The third-order valence-corrected chi connectivity index (χ3v) is 3.54. The first kappa shape index (κ1) is 17.8. The number of hydrogen-bond acceptors (Lipinski definition) is 2. The summed E-state index contributed by atoms with van der Waals surface area (Å²) in [7, 11) is 0. The van der Waals surface area contributed by atoms with Crippen LogP contribution in [0.1, 0.15) is 44.1 Å². The first-order valence-corrected chi connectivity index (χ1v) is 8.24. The highest BCUT2D eigenvalue weighted by Gasteiger charge is 2.21. The molecule has 5 nitrogen and oxygen atoms in total. The molecule has 1 aromatic heterocycles. The second-order valence-corrected chi connectivity index (χ2v) is 5.82. The Kier molecular flexibility index (Phi) is 7.50. The van der Waals surface area contributed by atoms with Gasteiger partial charge in [0.05, 0.1) is 6.54 Å². The largest absolute Gasteiger partial charge is 0.355 e. The molecule has 0 radical (unpaired) electrons. The van der Waals surface area contributed by atoms with Gasteiger partial charge in [-0.05, 0) is 41.8 Å². The van der Waals surface area contributed by atoms with Crippen LogP contribution in [-0.2, 0) is 11.3 Å². The van der Waals surface area contributed by atoms with Gasteiger partial charge in [0.1, 0.15) is 5.69 Å². The zero-order valence-corrected chi connectivity index (χ0v) is 14.6. The molecule has 0 atom stereocenters. The fourth-order valence-electron chi connectivity index (χ4n) is 2.09.